The average molecular weight is 319 g/mol. The Morgan fingerprint density at radius 2 is 1.48 bits per heavy atom. The van der Waals surface area contributed by atoms with Crippen molar-refractivity contribution in [2.75, 3.05) is 10.6 Å². The van der Waals surface area contributed by atoms with Crippen LogP contribution in [-0.2, 0) is 9.59 Å². The lowest BCUT2D eigenvalue weighted by Crippen LogP contribution is -2.22. The molecule has 3 amide bonds. The quantitative estimate of drug-likeness (QED) is 0.720. The standard InChI is InChI=1S/C17H25N3O3/c1-10(2)8-14(21)19-13-7-5-6-12(17(18)23)16(13)20-15(22)9-11(3)4/h5-7,10-11H,8-9H2,1-4H3,(H2,18,23)(H,19,21)(H,20,22). The first kappa shape index (κ1) is 18.7. The van der Waals surface area contributed by atoms with Gasteiger partial charge in [-0.2, -0.15) is 0 Å². The van der Waals surface area contributed by atoms with Gasteiger partial charge in [0, 0.05) is 12.8 Å². The lowest BCUT2D eigenvalue weighted by Gasteiger charge is -2.16. The van der Waals surface area contributed by atoms with Crippen molar-refractivity contribution in [2.45, 2.75) is 40.5 Å². The van der Waals surface area contributed by atoms with E-state index in [1.165, 1.54) is 6.07 Å². The highest BCUT2D eigenvalue weighted by molar-refractivity contribution is 6.08. The lowest BCUT2D eigenvalue weighted by atomic mass is 10.1. The van der Waals surface area contributed by atoms with E-state index in [0.29, 0.717) is 18.5 Å². The van der Waals surface area contributed by atoms with E-state index in [0.717, 1.165) is 0 Å². The van der Waals surface area contributed by atoms with Crippen LogP contribution in [0.3, 0.4) is 0 Å². The summed E-state index contributed by atoms with van der Waals surface area (Å²) in [5.41, 5.74) is 6.17. The highest BCUT2D eigenvalue weighted by Crippen LogP contribution is 2.27. The molecule has 0 radical (unpaired) electrons. The molecule has 0 bridgehead atoms. The largest absolute Gasteiger partial charge is 0.366 e. The predicted molar refractivity (Wildman–Crippen MR) is 91.1 cm³/mol. The molecule has 0 saturated carbocycles. The molecule has 0 saturated heterocycles. The van der Waals surface area contributed by atoms with E-state index in [4.69, 9.17) is 5.73 Å². The number of carbonyl (C=O) groups is 3. The third kappa shape index (κ3) is 6.10. The van der Waals surface area contributed by atoms with Gasteiger partial charge in [-0.3, -0.25) is 14.4 Å². The van der Waals surface area contributed by atoms with Crippen molar-refractivity contribution in [3.8, 4) is 0 Å². The SMILES string of the molecule is CC(C)CC(=O)Nc1cccc(C(N)=O)c1NC(=O)CC(C)C. The number of nitrogens with two attached hydrogens (primary N) is 1. The van der Waals surface area contributed by atoms with Crippen LogP contribution in [0, 0.1) is 11.8 Å². The molecule has 6 heteroatoms. The first-order chi connectivity index (χ1) is 10.7. The highest BCUT2D eigenvalue weighted by atomic mass is 16.2. The molecule has 0 fully saturated rings. The topological polar surface area (TPSA) is 101 Å². The Kier molecular flexibility index (Phi) is 6.75. The summed E-state index contributed by atoms with van der Waals surface area (Å²) in [4.78, 5) is 35.6. The van der Waals surface area contributed by atoms with Gasteiger partial charge in [0.15, 0.2) is 0 Å². The summed E-state index contributed by atoms with van der Waals surface area (Å²) in [5.74, 6) is -0.693. The van der Waals surface area contributed by atoms with Crippen LogP contribution < -0.4 is 16.4 Å². The van der Waals surface area contributed by atoms with Crippen molar-refractivity contribution in [2.24, 2.45) is 17.6 Å². The van der Waals surface area contributed by atoms with Crippen molar-refractivity contribution in [1.82, 2.24) is 0 Å². The Morgan fingerprint density at radius 1 is 0.957 bits per heavy atom. The molecular formula is C17H25N3O3. The molecule has 0 aromatic heterocycles. The molecule has 0 heterocycles. The van der Waals surface area contributed by atoms with Crippen LogP contribution in [0.5, 0.6) is 0 Å². The first-order valence-electron chi connectivity index (χ1n) is 7.73. The van der Waals surface area contributed by atoms with Crippen LogP contribution in [0.15, 0.2) is 18.2 Å². The molecule has 0 atom stereocenters. The summed E-state index contributed by atoms with van der Waals surface area (Å²) in [6, 6.07) is 4.77. The number of para-hydroxylation sites is 1. The van der Waals surface area contributed by atoms with Crippen molar-refractivity contribution in [3.05, 3.63) is 23.8 Å². The van der Waals surface area contributed by atoms with Crippen LogP contribution in [0.4, 0.5) is 11.4 Å². The zero-order chi connectivity index (χ0) is 17.6. The van der Waals surface area contributed by atoms with E-state index in [2.05, 4.69) is 10.6 Å². The monoisotopic (exact) mass is 319 g/mol. The fraction of sp³-hybridized carbons (Fsp3) is 0.471. The maximum Gasteiger partial charge on any atom is 0.250 e. The molecule has 0 aliphatic rings. The summed E-state index contributed by atoms with van der Waals surface area (Å²) in [6.07, 6.45) is 0.659. The minimum absolute atomic E-state index is 0.171. The summed E-state index contributed by atoms with van der Waals surface area (Å²) in [6.45, 7) is 7.71. The van der Waals surface area contributed by atoms with Crippen molar-refractivity contribution < 1.29 is 14.4 Å². The molecule has 0 spiro atoms. The normalized spacial score (nSPS) is 10.7. The van der Waals surface area contributed by atoms with Crippen LogP contribution in [0.1, 0.15) is 50.9 Å². The maximum absolute atomic E-state index is 12.0. The van der Waals surface area contributed by atoms with Crippen LogP contribution >= 0.6 is 0 Å². The number of carbonyl (C=O) groups excluding carboxylic acids is 3. The number of rotatable bonds is 7. The average Bonchev–Trinajstić information content (AvgIpc) is 2.38. The Balaban J connectivity index is 3.09. The fourth-order valence-electron chi connectivity index (χ4n) is 2.13. The lowest BCUT2D eigenvalue weighted by molar-refractivity contribution is -0.117. The predicted octanol–water partition coefficient (Wildman–Crippen LogP) is 2.75. The Labute approximate surface area is 136 Å². The van der Waals surface area contributed by atoms with Gasteiger partial charge in [0.1, 0.15) is 0 Å². The molecule has 4 N–H and O–H groups in total. The molecule has 1 aromatic rings. The van der Waals surface area contributed by atoms with Crippen LogP contribution in [0.2, 0.25) is 0 Å². The van der Waals surface area contributed by atoms with Crippen molar-refractivity contribution in [1.29, 1.82) is 0 Å². The van der Waals surface area contributed by atoms with E-state index < -0.39 is 5.91 Å². The maximum atomic E-state index is 12.0. The smallest absolute Gasteiger partial charge is 0.250 e. The Morgan fingerprint density at radius 3 is 1.96 bits per heavy atom. The number of hydrogen-bond acceptors (Lipinski definition) is 3. The van der Waals surface area contributed by atoms with E-state index in [1.54, 1.807) is 12.1 Å². The number of primary amides is 1. The molecule has 126 valence electrons. The fourth-order valence-corrected chi connectivity index (χ4v) is 2.13. The van der Waals surface area contributed by atoms with Crippen molar-refractivity contribution >= 4 is 29.1 Å². The summed E-state index contributed by atoms with van der Waals surface area (Å²) < 4.78 is 0. The second-order valence-corrected chi connectivity index (χ2v) is 6.38. The van der Waals surface area contributed by atoms with Gasteiger partial charge in [-0.25, -0.2) is 0 Å². The van der Waals surface area contributed by atoms with Gasteiger partial charge in [-0.1, -0.05) is 33.8 Å². The zero-order valence-corrected chi connectivity index (χ0v) is 14.1. The van der Waals surface area contributed by atoms with E-state index >= 15 is 0 Å². The number of nitrogens with one attached hydrogen (secondary N) is 2. The number of benzene rings is 1. The Bertz CT molecular complexity index is 595. The first-order valence-corrected chi connectivity index (χ1v) is 7.73. The molecule has 1 aromatic carbocycles. The van der Waals surface area contributed by atoms with Crippen LogP contribution in [0.25, 0.3) is 0 Å². The number of hydrogen-bond donors (Lipinski definition) is 3. The van der Waals surface area contributed by atoms with Gasteiger partial charge in [0.05, 0.1) is 16.9 Å². The second kappa shape index (κ2) is 8.31. The summed E-state index contributed by atoms with van der Waals surface area (Å²) in [7, 11) is 0. The van der Waals surface area contributed by atoms with Gasteiger partial charge < -0.3 is 16.4 Å². The summed E-state index contributed by atoms with van der Waals surface area (Å²) >= 11 is 0. The summed E-state index contributed by atoms with van der Waals surface area (Å²) in [5, 5.41) is 5.43. The molecule has 23 heavy (non-hydrogen) atoms. The van der Waals surface area contributed by atoms with E-state index in [9.17, 15) is 14.4 Å². The number of anilines is 2. The van der Waals surface area contributed by atoms with Crippen molar-refractivity contribution in [3.63, 3.8) is 0 Å². The molecular weight excluding hydrogens is 294 g/mol. The highest BCUT2D eigenvalue weighted by Gasteiger charge is 2.17. The minimum atomic E-state index is -0.662. The Hall–Kier alpha value is -2.37. The number of amides is 3. The molecule has 6 nitrogen and oxygen atoms in total. The van der Waals surface area contributed by atoms with E-state index in [-0.39, 0.29) is 34.9 Å². The van der Waals surface area contributed by atoms with Gasteiger partial charge in [-0.05, 0) is 24.0 Å². The van der Waals surface area contributed by atoms with Gasteiger partial charge in [-0.15, -0.1) is 0 Å². The zero-order valence-electron chi connectivity index (χ0n) is 14.1. The third-order valence-corrected chi connectivity index (χ3v) is 3.06. The molecule has 0 unspecified atom stereocenters. The molecule has 1 rings (SSSR count). The van der Waals surface area contributed by atoms with Gasteiger partial charge in [0.2, 0.25) is 11.8 Å². The van der Waals surface area contributed by atoms with Gasteiger partial charge in [0.25, 0.3) is 5.91 Å². The second-order valence-electron chi connectivity index (χ2n) is 6.38. The van der Waals surface area contributed by atoms with Crippen LogP contribution in [-0.4, -0.2) is 17.7 Å². The molecule has 0 aliphatic heterocycles. The third-order valence-electron chi connectivity index (χ3n) is 3.06. The minimum Gasteiger partial charge on any atom is -0.366 e. The van der Waals surface area contributed by atoms with Gasteiger partial charge >= 0.3 is 0 Å². The van der Waals surface area contributed by atoms with E-state index in [1.807, 2.05) is 27.7 Å². The molecule has 0 aliphatic carbocycles.